The zero-order valence-corrected chi connectivity index (χ0v) is 63.1. The largest absolute Gasteiger partial charge is 0.472 e. The van der Waals surface area contributed by atoms with Crippen LogP contribution in [0.1, 0.15) is 388 Å². The van der Waals surface area contributed by atoms with Gasteiger partial charge in [-0.25, -0.2) is 9.13 Å². The first-order valence-corrected chi connectivity index (χ1v) is 42.0. The third-order valence-corrected chi connectivity index (χ3v) is 19.7. The monoisotopic (exact) mass is 1380 g/mol. The third-order valence-electron chi connectivity index (χ3n) is 17.8. The number of esters is 4. The number of hydrogen-bond donors (Lipinski definition) is 3. The van der Waals surface area contributed by atoms with Crippen molar-refractivity contribution in [3.05, 3.63) is 0 Å². The average molecular weight is 1380 g/mol. The summed E-state index contributed by atoms with van der Waals surface area (Å²) in [6.45, 7) is 9.59. The summed E-state index contributed by atoms with van der Waals surface area (Å²) in [7, 11) is -9.90. The Kier molecular flexibility index (Phi) is 65.5. The van der Waals surface area contributed by atoms with E-state index in [4.69, 9.17) is 37.0 Å². The minimum atomic E-state index is -4.95. The second kappa shape index (κ2) is 66.9. The van der Waals surface area contributed by atoms with E-state index in [0.717, 1.165) is 108 Å². The van der Waals surface area contributed by atoms with E-state index in [1.165, 1.54) is 199 Å². The highest BCUT2D eigenvalue weighted by Crippen LogP contribution is 2.45. The van der Waals surface area contributed by atoms with Crippen molar-refractivity contribution >= 4 is 39.5 Å². The molecule has 0 aromatic rings. The molecule has 0 saturated heterocycles. The predicted octanol–water partition coefficient (Wildman–Crippen LogP) is 21.9. The zero-order chi connectivity index (χ0) is 69.3. The number of hydrogen-bond acceptors (Lipinski definition) is 15. The van der Waals surface area contributed by atoms with Gasteiger partial charge in [0.2, 0.25) is 0 Å². The number of aliphatic hydroxyl groups is 1. The molecule has 19 heteroatoms. The van der Waals surface area contributed by atoms with Crippen LogP contribution in [0.5, 0.6) is 0 Å². The van der Waals surface area contributed by atoms with Crippen LogP contribution in [0.2, 0.25) is 0 Å². The molecule has 0 spiro atoms. The molecular weight excluding hydrogens is 1230 g/mol. The first-order valence-electron chi connectivity index (χ1n) is 39.0. The van der Waals surface area contributed by atoms with Crippen molar-refractivity contribution in [1.82, 2.24) is 0 Å². The Hall–Kier alpha value is -1.94. The maximum Gasteiger partial charge on any atom is 0.472 e. The van der Waals surface area contributed by atoms with Gasteiger partial charge in [-0.15, -0.1) is 0 Å². The lowest BCUT2D eigenvalue weighted by Gasteiger charge is -2.21. The molecule has 0 saturated carbocycles. The van der Waals surface area contributed by atoms with Crippen LogP contribution in [0, 0.1) is 11.8 Å². The van der Waals surface area contributed by atoms with E-state index < -0.39 is 97.5 Å². The number of phosphoric acid groups is 2. The van der Waals surface area contributed by atoms with Crippen LogP contribution < -0.4 is 0 Å². The summed E-state index contributed by atoms with van der Waals surface area (Å²) in [5.74, 6) is -0.468. The minimum absolute atomic E-state index is 0.106. The van der Waals surface area contributed by atoms with Crippen molar-refractivity contribution in [3.63, 3.8) is 0 Å². The van der Waals surface area contributed by atoms with Crippen LogP contribution in [0.4, 0.5) is 0 Å². The average Bonchev–Trinajstić information content (AvgIpc) is 1.85. The summed E-state index contributed by atoms with van der Waals surface area (Å²) in [5, 5.41) is 10.6. The lowest BCUT2D eigenvalue weighted by atomic mass is 9.99. The van der Waals surface area contributed by atoms with E-state index in [1.807, 2.05) is 0 Å². The Morgan fingerprint density at radius 2 is 0.543 bits per heavy atom. The second-order valence-corrected chi connectivity index (χ2v) is 30.7. The maximum absolute atomic E-state index is 13.1. The van der Waals surface area contributed by atoms with Crippen LogP contribution >= 0.6 is 15.6 Å². The Balaban J connectivity index is 5.14. The molecule has 0 heterocycles. The van der Waals surface area contributed by atoms with Gasteiger partial charge in [-0.3, -0.25) is 37.3 Å². The molecule has 0 aliphatic carbocycles. The fourth-order valence-electron chi connectivity index (χ4n) is 11.4. The molecule has 6 atom stereocenters. The zero-order valence-electron chi connectivity index (χ0n) is 61.3. The predicted molar refractivity (Wildman–Crippen MR) is 381 cm³/mol. The highest BCUT2D eigenvalue weighted by Gasteiger charge is 2.30. The Labute approximate surface area is 575 Å². The quantitative estimate of drug-likeness (QED) is 0.0222. The van der Waals surface area contributed by atoms with Gasteiger partial charge in [0.15, 0.2) is 12.2 Å². The third kappa shape index (κ3) is 67.3. The van der Waals surface area contributed by atoms with Gasteiger partial charge in [-0.05, 0) is 37.5 Å². The highest BCUT2D eigenvalue weighted by molar-refractivity contribution is 7.47. The smallest absolute Gasteiger partial charge is 0.462 e. The minimum Gasteiger partial charge on any atom is -0.462 e. The van der Waals surface area contributed by atoms with E-state index in [9.17, 15) is 43.2 Å². The van der Waals surface area contributed by atoms with Crippen LogP contribution in [0.25, 0.3) is 0 Å². The number of carbonyl (C=O) groups is 4. The Bertz CT molecular complexity index is 1820. The number of carbonyl (C=O) groups excluding carboxylic acids is 4. The number of unbranched alkanes of at least 4 members (excludes halogenated alkanes) is 43. The van der Waals surface area contributed by atoms with Gasteiger partial charge < -0.3 is 33.8 Å². The molecule has 0 aliphatic rings. The molecule has 0 fully saturated rings. The molecule has 0 aromatic heterocycles. The van der Waals surface area contributed by atoms with Gasteiger partial charge in [0.05, 0.1) is 26.4 Å². The lowest BCUT2D eigenvalue weighted by Crippen LogP contribution is -2.30. The summed E-state index contributed by atoms with van der Waals surface area (Å²) >= 11 is 0. The van der Waals surface area contributed by atoms with Gasteiger partial charge in [0.1, 0.15) is 19.3 Å². The molecule has 94 heavy (non-hydrogen) atoms. The van der Waals surface area contributed by atoms with Gasteiger partial charge in [-0.1, -0.05) is 337 Å². The normalized spacial score (nSPS) is 14.3. The molecule has 17 nitrogen and oxygen atoms in total. The number of rotatable bonds is 74. The lowest BCUT2D eigenvalue weighted by molar-refractivity contribution is -0.161. The van der Waals surface area contributed by atoms with Crippen molar-refractivity contribution in [3.8, 4) is 0 Å². The van der Waals surface area contributed by atoms with Crippen molar-refractivity contribution in [2.75, 3.05) is 39.6 Å². The topological polar surface area (TPSA) is 237 Å². The molecule has 0 radical (unpaired) electrons. The van der Waals surface area contributed by atoms with Crippen LogP contribution in [0.15, 0.2) is 0 Å². The summed E-state index contributed by atoms with van der Waals surface area (Å²) in [4.78, 5) is 72.5. The fourth-order valence-corrected chi connectivity index (χ4v) is 13.0. The van der Waals surface area contributed by atoms with E-state index in [-0.39, 0.29) is 25.7 Å². The first-order chi connectivity index (χ1) is 45.4. The van der Waals surface area contributed by atoms with Crippen LogP contribution in [-0.4, -0.2) is 96.7 Å². The highest BCUT2D eigenvalue weighted by atomic mass is 31.2. The van der Waals surface area contributed by atoms with Gasteiger partial charge >= 0.3 is 39.5 Å². The Morgan fingerprint density at radius 1 is 0.309 bits per heavy atom. The molecule has 0 aliphatic heterocycles. The molecule has 3 N–H and O–H groups in total. The number of ether oxygens (including phenoxy) is 4. The Morgan fingerprint density at radius 3 is 0.809 bits per heavy atom. The second-order valence-electron chi connectivity index (χ2n) is 27.8. The first kappa shape index (κ1) is 92.1. The molecule has 3 unspecified atom stereocenters. The van der Waals surface area contributed by atoms with Crippen molar-refractivity contribution in [2.24, 2.45) is 11.8 Å². The molecule has 0 rings (SSSR count). The van der Waals surface area contributed by atoms with Gasteiger partial charge in [0.25, 0.3) is 0 Å². The molecule has 0 amide bonds. The van der Waals surface area contributed by atoms with Gasteiger partial charge in [0, 0.05) is 25.7 Å². The molecule has 0 bridgehead atoms. The van der Waals surface area contributed by atoms with Crippen LogP contribution in [0.3, 0.4) is 0 Å². The van der Waals surface area contributed by atoms with Crippen molar-refractivity contribution in [1.29, 1.82) is 0 Å². The van der Waals surface area contributed by atoms with Crippen LogP contribution in [-0.2, 0) is 65.4 Å². The van der Waals surface area contributed by atoms with E-state index >= 15 is 0 Å². The number of phosphoric ester groups is 2. The van der Waals surface area contributed by atoms with E-state index in [1.54, 1.807) is 0 Å². The number of aliphatic hydroxyl groups excluding tert-OH is 1. The standard InChI is InChI=1S/C75H146O17P2/c1-7-10-12-14-15-16-17-30-36-41-47-53-59-74(79)91-70(63-85-72(77)57-51-43-13-11-8-2)65-89-93(81,82)87-61-69(76)62-88-94(83,84)90-66-71(64-86-73(78)58-52-46-40-35-31-26-23-22-25-29-34-39-45-50-56-68(6)9-3)92-75(80)60-54-48-42-37-32-27-21-19-18-20-24-28-33-38-44-49-55-67(4)5/h67-71,76H,7-66H2,1-6H3,(H,81,82)(H,83,84)/t68?,69-,70+,71+/m0/s1. The molecule has 0 aromatic carbocycles. The SMILES string of the molecule is CCCCCCCCCCCCCCC(=O)O[C@H](COC(=O)CCCCCCC)COP(=O)(O)OC[C@H](O)COP(=O)(O)OC[C@@H](COC(=O)CCCCCCCCCCCCCCCCC(C)CC)OC(=O)CCCCCCCCCCCCCCCCCCC(C)C. The summed E-state index contributed by atoms with van der Waals surface area (Å²) < 4.78 is 68.3. The summed E-state index contributed by atoms with van der Waals surface area (Å²) in [5.41, 5.74) is 0. The van der Waals surface area contributed by atoms with Gasteiger partial charge in [-0.2, -0.15) is 0 Å². The van der Waals surface area contributed by atoms with Crippen molar-refractivity contribution < 1.29 is 80.2 Å². The summed E-state index contributed by atoms with van der Waals surface area (Å²) in [6, 6.07) is 0. The maximum atomic E-state index is 13.1. The van der Waals surface area contributed by atoms with Crippen molar-refractivity contribution in [2.45, 2.75) is 407 Å². The summed E-state index contributed by atoms with van der Waals surface area (Å²) in [6.07, 6.45) is 54.4. The van der Waals surface area contributed by atoms with E-state index in [0.29, 0.717) is 25.7 Å². The molecular formula is C75H146O17P2. The molecule has 558 valence electrons. The van der Waals surface area contributed by atoms with E-state index in [2.05, 4.69) is 41.5 Å². The fraction of sp³-hybridized carbons (Fsp3) is 0.947.